The minimum Gasteiger partial charge on any atom is -0.392 e. The second kappa shape index (κ2) is 9.17. The van der Waals surface area contributed by atoms with Gasteiger partial charge >= 0.3 is 0 Å². The SMILES string of the molecule is CCCCCC(C)NCC(O)C(C)CC. The molecule has 0 fully saturated rings. The van der Waals surface area contributed by atoms with Gasteiger partial charge in [-0.1, -0.05) is 46.5 Å². The summed E-state index contributed by atoms with van der Waals surface area (Å²) in [6.45, 7) is 9.40. The van der Waals surface area contributed by atoms with Gasteiger partial charge in [-0.15, -0.1) is 0 Å². The first kappa shape index (κ1) is 14.9. The zero-order chi connectivity index (χ0) is 11.7. The lowest BCUT2D eigenvalue weighted by Gasteiger charge is -2.20. The van der Waals surface area contributed by atoms with E-state index in [4.69, 9.17) is 0 Å². The normalized spacial score (nSPS) is 17.4. The molecular formula is C13H29NO. The average molecular weight is 215 g/mol. The molecule has 0 rings (SSSR count). The van der Waals surface area contributed by atoms with Gasteiger partial charge in [0.1, 0.15) is 0 Å². The fourth-order valence-corrected chi connectivity index (χ4v) is 1.60. The van der Waals surface area contributed by atoms with Crippen molar-refractivity contribution in [3.63, 3.8) is 0 Å². The third-order valence-corrected chi connectivity index (χ3v) is 3.22. The van der Waals surface area contributed by atoms with Crippen molar-refractivity contribution < 1.29 is 5.11 Å². The van der Waals surface area contributed by atoms with E-state index >= 15 is 0 Å². The maximum absolute atomic E-state index is 9.78. The highest BCUT2D eigenvalue weighted by atomic mass is 16.3. The largest absolute Gasteiger partial charge is 0.392 e. The summed E-state index contributed by atoms with van der Waals surface area (Å²) in [5, 5.41) is 13.2. The number of aliphatic hydroxyl groups is 1. The van der Waals surface area contributed by atoms with E-state index in [2.05, 4.69) is 33.0 Å². The van der Waals surface area contributed by atoms with Gasteiger partial charge in [0.05, 0.1) is 6.10 Å². The van der Waals surface area contributed by atoms with Crippen LogP contribution in [-0.4, -0.2) is 23.8 Å². The molecule has 2 N–H and O–H groups in total. The molecule has 0 aromatic carbocycles. The molecule has 2 nitrogen and oxygen atoms in total. The molecule has 92 valence electrons. The molecule has 0 aromatic rings. The van der Waals surface area contributed by atoms with E-state index in [1.807, 2.05) is 0 Å². The predicted molar refractivity (Wildman–Crippen MR) is 67.1 cm³/mol. The highest BCUT2D eigenvalue weighted by molar-refractivity contribution is 4.69. The van der Waals surface area contributed by atoms with Crippen LogP contribution in [0.2, 0.25) is 0 Å². The lowest BCUT2D eigenvalue weighted by molar-refractivity contribution is 0.110. The summed E-state index contributed by atoms with van der Waals surface area (Å²) in [4.78, 5) is 0. The summed E-state index contributed by atoms with van der Waals surface area (Å²) in [6, 6.07) is 0.537. The van der Waals surface area contributed by atoms with Gasteiger partial charge < -0.3 is 10.4 Å². The van der Waals surface area contributed by atoms with E-state index < -0.39 is 0 Å². The Morgan fingerprint density at radius 2 is 1.80 bits per heavy atom. The number of aliphatic hydroxyl groups excluding tert-OH is 1. The fourth-order valence-electron chi connectivity index (χ4n) is 1.60. The minimum absolute atomic E-state index is 0.191. The number of rotatable bonds is 9. The van der Waals surface area contributed by atoms with Crippen molar-refractivity contribution in [2.24, 2.45) is 5.92 Å². The first-order valence-corrected chi connectivity index (χ1v) is 6.53. The minimum atomic E-state index is -0.191. The first-order valence-electron chi connectivity index (χ1n) is 6.53. The number of hydrogen-bond acceptors (Lipinski definition) is 2. The van der Waals surface area contributed by atoms with Crippen LogP contribution >= 0.6 is 0 Å². The van der Waals surface area contributed by atoms with E-state index in [1.54, 1.807) is 0 Å². The van der Waals surface area contributed by atoms with Gasteiger partial charge in [-0.05, 0) is 19.3 Å². The van der Waals surface area contributed by atoms with Gasteiger partial charge in [0.2, 0.25) is 0 Å². The summed E-state index contributed by atoms with van der Waals surface area (Å²) in [6.07, 6.45) is 5.98. The third kappa shape index (κ3) is 7.80. The zero-order valence-electron chi connectivity index (χ0n) is 10.9. The predicted octanol–water partition coefficient (Wildman–Crippen LogP) is 2.95. The smallest absolute Gasteiger partial charge is 0.0690 e. The highest BCUT2D eigenvalue weighted by Crippen LogP contribution is 2.07. The molecule has 0 radical (unpaired) electrons. The van der Waals surface area contributed by atoms with Gasteiger partial charge in [0.25, 0.3) is 0 Å². The molecule has 0 aliphatic heterocycles. The Bertz CT molecular complexity index is 138. The Morgan fingerprint density at radius 1 is 1.13 bits per heavy atom. The quantitative estimate of drug-likeness (QED) is 0.580. The monoisotopic (exact) mass is 215 g/mol. The van der Waals surface area contributed by atoms with Crippen LogP contribution in [0.25, 0.3) is 0 Å². The fraction of sp³-hybridized carbons (Fsp3) is 1.00. The van der Waals surface area contributed by atoms with Gasteiger partial charge in [0.15, 0.2) is 0 Å². The van der Waals surface area contributed by atoms with Crippen molar-refractivity contribution in [3.8, 4) is 0 Å². The van der Waals surface area contributed by atoms with Crippen LogP contribution in [0.5, 0.6) is 0 Å². The van der Waals surface area contributed by atoms with Crippen molar-refractivity contribution in [1.82, 2.24) is 5.32 Å². The lowest BCUT2D eigenvalue weighted by atomic mass is 10.0. The van der Waals surface area contributed by atoms with E-state index in [0.717, 1.165) is 13.0 Å². The van der Waals surface area contributed by atoms with Gasteiger partial charge in [-0.2, -0.15) is 0 Å². The van der Waals surface area contributed by atoms with Crippen LogP contribution in [0.4, 0.5) is 0 Å². The lowest BCUT2D eigenvalue weighted by Crippen LogP contribution is -2.36. The molecule has 2 heteroatoms. The molecule has 0 saturated heterocycles. The van der Waals surface area contributed by atoms with Crippen molar-refractivity contribution in [1.29, 1.82) is 0 Å². The van der Waals surface area contributed by atoms with E-state index in [9.17, 15) is 5.11 Å². The molecule has 15 heavy (non-hydrogen) atoms. The summed E-state index contributed by atoms with van der Waals surface area (Å²) in [7, 11) is 0. The second-order valence-corrected chi connectivity index (χ2v) is 4.76. The van der Waals surface area contributed by atoms with Gasteiger partial charge in [0, 0.05) is 12.6 Å². The van der Waals surface area contributed by atoms with Gasteiger partial charge in [-0.25, -0.2) is 0 Å². The number of unbranched alkanes of at least 4 members (excludes halogenated alkanes) is 2. The molecule has 0 aliphatic rings. The van der Waals surface area contributed by atoms with Gasteiger partial charge in [-0.3, -0.25) is 0 Å². The Hall–Kier alpha value is -0.0800. The molecule has 0 bridgehead atoms. The molecule has 0 saturated carbocycles. The Labute approximate surface area is 95.5 Å². The Morgan fingerprint density at radius 3 is 2.33 bits per heavy atom. The molecule has 0 amide bonds. The summed E-state index contributed by atoms with van der Waals surface area (Å²) >= 11 is 0. The number of hydrogen-bond donors (Lipinski definition) is 2. The standard InChI is InChI=1S/C13H29NO/c1-5-7-8-9-12(4)14-10-13(15)11(3)6-2/h11-15H,5-10H2,1-4H3. The second-order valence-electron chi connectivity index (χ2n) is 4.76. The van der Waals surface area contributed by atoms with E-state index in [0.29, 0.717) is 12.0 Å². The number of nitrogens with one attached hydrogen (secondary N) is 1. The molecular weight excluding hydrogens is 186 g/mol. The zero-order valence-corrected chi connectivity index (χ0v) is 10.9. The molecule has 3 atom stereocenters. The van der Waals surface area contributed by atoms with Crippen LogP contribution in [-0.2, 0) is 0 Å². The Balaban J connectivity index is 3.48. The van der Waals surface area contributed by atoms with Crippen LogP contribution < -0.4 is 5.32 Å². The van der Waals surface area contributed by atoms with Crippen LogP contribution in [0.3, 0.4) is 0 Å². The first-order chi connectivity index (χ1) is 7.11. The van der Waals surface area contributed by atoms with Crippen molar-refractivity contribution in [2.45, 2.75) is 71.9 Å². The third-order valence-electron chi connectivity index (χ3n) is 3.22. The van der Waals surface area contributed by atoms with Crippen LogP contribution in [0.15, 0.2) is 0 Å². The summed E-state index contributed by atoms with van der Waals surface area (Å²) in [5.74, 6) is 0.403. The maximum Gasteiger partial charge on any atom is 0.0690 e. The summed E-state index contributed by atoms with van der Waals surface area (Å²) in [5.41, 5.74) is 0. The molecule has 0 heterocycles. The van der Waals surface area contributed by atoms with Crippen LogP contribution in [0.1, 0.15) is 59.8 Å². The van der Waals surface area contributed by atoms with E-state index in [1.165, 1.54) is 25.7 Å². The highest BCUT2D eigenvalue weighted by Gasteiger charge is 2.12. The summed E-state index contributed by atoms with van der Waals surface area (Å²) < 4.78 is 0. The van der Waals surface area contributed by atoms with Crippen molar-refractivity contribution in [3.05, 3.63) is 0 Å². The van der Waals surface area contributed by atoms with Crippen LogP contribution in [0, 0.1) is 5.92 Å². The molecule has 0 aromatic heterocycles. The molecule has 0 spiro atoms. The maximum atomic E-state index is 9.78. The molecule has 0 aliphatic carbocycles. The van der Waals surface area contributed by atoms with Crippen molar-refractivity contribution >= 4 is 0 Å². The van der Waals surface area contributed by atoms with E-state index in [-0.39, 0.29) is 6.10 Å². The van der Waals surface area contributed by atoms with Crippen molar-refractivity contribution in [2.75, 3.05) is 6.54 Å². The Kier molecular flexibility index (Phi) is 9.12. The molecule has 3 unspecified atom stereocenters. The topological polar surface area (TPSA) is 32.3 Å². The average Bonchev–Trinajstić information content (AvgIpc) is 2.25.